The van der Waals surface area contributed by atoms with E-state index >= 15 is 0 Å². The molecule has 0 amide bonds. The van der Waals surface area contributed by atoms with E-state index in [0.717, 1.165) is 17.0 Å². The Morgan fingerprint density at radius 1 is 1.11 bits per heavy atom. The third-order valence-corrected chi connectivity index (χ3v) is 3.98. The molecule has 0 aromatic heterocycles. The average Bonchev–Trinajstić information content (AvgIpc) is 2.42. The Morgan fingerprint density at radius 3 is 2.42 bits per heavy atom. The molecule has 2 aromatic rings. The maximum Gasteiger partial charge on any atom is 0.0441 e. The second-order valence-corrected chi connectivity index (χ2v) is 5.57. The summed E-state index contributed by atoms with van der Waals surface area (Å²) in [6.45, 7) is 4.21. The van der Waals surface area contributed by atoms with Gasteiger partial charge in [0.15, 0.2) is 0 Å². The van der Waals surface area contributed by atoms with Gasteiger partial charge in [0.05, 0.1) is 0 Å². The Kier molecular flexibility index (Phi) is 4.62. The van der Waals surface area contributed by atoms with E-state index in [0.29, 0.717) is 5.92 Å². The summed E-state index contributed by atoms with van der Waals surface area (Å²) in [6.07, 6.45) is 0.801. The summed E-state index contributed by atoms with van der Waals surface area (Å²) in [7, 11) is 0. The Hall–Kier alpha value is -1.31. The van der Waals surface area contributed by atoms with Crippen molar-refractivity contribution in [3.8, 4) is 0 Å². The molecular formula is C17H20ClN. The van der Waals surface area contributed by atoms with Gasteiger partial charge in [-0.25, -0.2) is 0 Å². The van der Waals surface area contributed by atoms with Gasteiger partial charge >= 0.3 is 0 Å². The zero-order chi connectivity index (χ0) is 13.8. The zero-order valence-electron chi connectivity index (χ0n) is 11.4. The average molecular weight is 274 g/mol. The largest absolute Gasteiger partial charge is 0.327 e. The minimum Gasteiger partial charge on any atom is -0.327 e. The van der Waals surface area contributed by atoms with E-state index in [1.54, 1.807) is 0 Å². The summed E-state index contributed by atoms with van der Waals surface area (Å²) in [6, 6.07) is 16.6. The van der Waals surface area contributed by atoms with Crippen LogP contribution in [0.2, 0.25) is 5.02 Å². The van der Waals surface area contributed by atoms with Crippen LogP contribution in [0.4, 0.5) is 0 Å². The lowest BCUT2D eigenvalue weighted by Crippen LogP contribution is -2.29. The molecule has 2 atom stereocenters. The van der Waals surface area contributed by atoms with Gasteiger partial charge in [-0.1, -0.05) is 61.0 Å². The van der Waals surface area contributed by atoms with E-state index in [1.807, 2.05) is 19.1 Å². The van der Waals surface area contributed by atoms with Crippen molar-refractivity contribution < 1.29 is 0 Å². The standard InChI is InChI=1S/C17H20ClN/c1-12-8-9-15(16(18)10-12)11-17(19)13(2)14-6-4-3-5-7-14/h3-10,13,17H,11,19H2,1-2H3. The summed E-state index contributed by atoms with van der Waals surface area (Å²) in [5.74, 6) is 0.318. The normalized spacial score (nSPS) is 14.1. The van der Waals surface area contributed by atoms with Crippen LogP contribution < -0.4 is 5.73 Å². The molecule has 100 valence electrons. The first-order valence-electron chi connectivity index (χ1n) is 6.63. The van der Waals surface area contributed by atoms with E-state index < -0.39 is 0 Å². The molecule has 0 heterocycles. The Bertz CT molecular complexity index is 536. The molecule has 2 unspecified atom stereocenters. The molecule has 0 aliphatic rings. The SMILES string of the molecule is Cc1ccc(CC(N)C(C)c2ccccc2)c(Cl)c1. The Balaban J connectivity index is 2.10. The van der Waals surface area contributed by atoms with Gasteiger partial charge in [0, 0.05) is 11.1 Å². The van der Waals surface area contributed by atoms with Gasteiger partial charge in [-0.3, -0.25) is 0 Å². The van der Waals surface area contributed by atoms with Crippen LogP contribution >= 0.6 is 11.6 Å². The van der Waals surface area contributed by atoms with Crippen LogP contribution in [0.15, 0.2) is 48.5 Å². The zero-order valence-corrected chi connectivity index (χ0v) is 12.2. The first-order valence-corrected chi connectivity index (χ1v) is 7.01. The minimum atomic E-state index is 0.0719. The van der Waals surface area contributed by atoms with E-state index in [1.165, 1.54) is 11.1 Å². The predicted octanol–water partition coefficient (Wildman–Crippen LogP) is 4.32. The molecule has 0 saturated carbocycles. The summed E-state index contributed by atoms with van der Waals surface area (Å²) in [5.41, 5.74) is 9.91. The van der Waals surface area contributed by atoms with Crippen molar-refractivity contribution in [2.75, 3.05) is 0 Å². The first kappa shape index (κ1) is 14.1. The van der Waals surface area contributed by atoms with Gasteiger partial charge in [-0.2, -0.15) is 0 Å². The molecule has 19 heavy (non-hydrogen) atoms. The third-order valence-electron chi connectivity index (χ3n) is 3.63. The highest BCUT2D eigenvalue weighted by Crippen LogP contribution is 2.24. The highest BCUT2D eigenvalue weighted by molar-refractivity contribution is 6.31. The Labute approximate surface area is 120 Å². The lowest BCUT2D eigenvalue weighted by Gasteiger charge is -2.21. The molecule has 0 aliphatic carbocycles. The van der Waals surface area contributed by atoms with Gasteiger partial charge in [-0.05, 0) is 42.0 Å². The molecule has 1 nitrogen and oxygen atoms in total. The van der Waals surface area contributed by atoms with E-state index in [2.05, 4.69) is 43.3 Å². The van der Waals surface area contributed by atoms with Gasteiger partial charge in [0.2, 0.25) is 0 Å². The number of hydrogen-bond donors (Lipinski definition) is 1. The van der Waals surface area contributed by atoms with Crippen LogP contribution in [-0.4, -0.2) is 6.04 Å². The number of hydrogen-bond acceptors (Lipinski definition) is 1. The smallest absolute Gasteiger partial charge is 0.0441 e. The number of aryl methyl sites for hydroxylation is 1. The summed E-state index contributed by atoms with van der Waals surface area (Å²) in [5, 5.41) is 0.815. The molecule has 0 bridgehead atoms. The van der Waals surface area contributed by atoms with Crippen molar-refractivity contribution >= 4 is 11.6 Å². The van der Waals surface area contributed by atoms with E-state index in [4.69, 9.17) is 17.3 Å². The monoisotopic (exact) mass is 273 g/mol. The summed E-state index contributed by atoms with van der Waals surface area (Å²) < 4.78 is 0. The van der Waals surface area contributed by atoms with Gasteiger partial charge in [0.1, 0.15) is 0 Å². The Morgan fingerprint density at radius 2 is 1.79 bits per heavy atom. The van der Waals surface area contributed by atoms with Crippen molar-refractivity contribution in [1.29, 1.82) is 0 Å². The lowest BCUT2D eigenvalue weighted by atomic mass is 9.89. The van der Waals surface area contributed by atoms with Gasteiger partial charge in [0.25, 0.3) is 0 Å². The van der Waals surface area contributed by atoms with Gasteiger partial charge in [-0.15, -0.1) is 0 Å². The second-order valence-electron chi connectivity index (χ2n) is 5.16. The van der Waals surface area contributed by atoms with Crippen LogP contribution in [0, 0.1) is 6.92 Å². The molecular weight excluding hydrogens is 254 g/mol. The molecule has 0 saturated heterocycles. The van der Waals surface area contributed by atoms with Crippen molar-refractivity contribution in [2.24, 2.45) is 5.73 Å². The maximum absolute atomic E-state index is 6.33. The van der Waals surface area contributed by atoms with Crippen LogP contribution in [0.1, 0.15) is 29.5 Å². The molecule has 2 aromatic carbocycles. The van der Waals surface area contributed by atoms with Crippen molar-refractivity contribution in [2.45, 2.75) is 32.2 Å². The van der Waals surface area contributed by atoms with Crippen LogP contribution in [0.3, 0.4) is 0 Å². The fourth-order valence-corrected chi connectivity index (χ4v) is 2.56. The molecule has 0 aliphatic heterocycles. The molecule has 2 rings (SSSR count). The predicted molar refractivity (Wildman–Crippen MR) is 82.7 cm³/mol. The molecule has 0 fully saturated rings. The van der Waals surface area contributed by atoms with E-state index in [-0.39, 0.29) is 6.04 Å². The minimum absolute atomic E-state index is 0.0719. The van der Waals surface area contributed by atoms with Crippen molar-refractivity contribution in [3.63, 3.8) is 0 Å². The van der Waals surface area contributed by atoms with Crippen molar-refractivity contribution in [1.82, 2.24) is 0 Å². The highest BCUT2D eigenvalue weighted by atomic mass is 35.5. The summed E-state index contributed by atoms with van der Waals surface area (Å²) in [4.78, 5) is 0. The maximum atomic E-state index is 6.33. The van der Waals surface area contributed by atoms with Gasteiger partial charge < -0.3 is 5.73 Å². The highest BCUT2D eigenvalue weighted by Gasteiger charge is 2.16. The van der Waals surface area contributed by atoms with E-state index in [9.17, 15) is 0 Å². The quantitative estimate of drug-likeness (QED) is 0.882. The number of rotatable bonds is 4. The fourth-order valence-electron chi connectivity index (χ4n) is 2.25. The lowest BCUT2D eigenvalue weighted by molar-refractivity contribution is 0.564. The topological polar surface area (TPSA) is 26.0 Å². The first-order chi connectivity index (χ1) is 9.08. The number of benzene rings is 2. The number of halogens is 1. The fraction of sp³-hybridized carbons (Fsp3) is 0.294. The van der Waals surface area contributed by atoms with Crippen molar-refractivity contribution in [3.05, 3.63) is 70.2 Å². The van der Waals surface area contributed by atoms with Crippen LogP contribution in [0.5, 0.6) is 0 Å². The van der Waals surface area contributed by atoms with Crippen LogP contribution in [0.25, 0.3) is 0 Å². The molecule has 2 heteroatoms. The molecule has 2 N–H and O–H groups in total. The summed E-state index contributed by atoms with van der Waals surface area (Å²) >= 11 is 6.27. The molecule has 0 radical (unpaired) electrons. The van der Waals surface area contributed by atoms with Crippen LogP contribution in [-0.2, 0) is 6.42 Å². The molecule has 0 spiro atoms. The third kappa shape index (κ3) is 3.59. The number of nitrogens with two attached hydrogens (primary N) is 1. The second kappa shape index (κ2) is 6.23.